The number of rotatable bonds is 4. The maximum atomic E-state index is 14.0. The number of thiophene rings is 1. The van der Waals surface area contributed by atoms with Crippen LogP contribution in [0.3, 0.4) is 0 Å². The van der Waals surface area contributed by atoms with Crippen LogP contribution in [0.1, 0.15) is 22.9 Å². The van der Waals surface area contributed by atoms with Crippen LogP contribution >= 0.6 is 22.9 Å². The monoisotopic (exact) mass is 522 g/mol. The van der Waals surface area contributed by atoms with Crippen LogP contribution in [-0.2, 0) is 15.0 Å². The largest absolute Gasteiger partial charge is 0.325 e. The van der Waals surface area contributed by atoms with Crippen molar-refractivity contribution in [1.82, 2.24) is 9.03 Å². The van der Waals surface area contributed by atoms with Gasteiger partial charge in [-0.2, -0.15) is 22.7 Å². The quantitative estimate of drug-likeness (QED) is 0.529. The number of carbonyl (C=O) groups excluding carboxylic acids is 1. The fourth-order valence-electron chi connectivity index (χ4n) is 3.55. The van der Waals surface area contributed by atoms with Crippen LogP contribution in [0.25, 0.3) is 10.4 Å². The summed E-state index contributed by atoms with van der Waals surface area (Å²) in [4.78, 5) is 14.2. The highest BCUT2D eigenvalue weighted by atomic mass is 35.5. The lowest BCUT2D eigenvalue weighted by Crippen LogP contribution is -2.55. The number of likely N-dealkylation sites (N-methyl/N-ethyl adjacent to an activating group) is 1. The molecular weight excluding hydrogens is 506 g/mol. The minimum Gasteiger partial charge on any atom is -0.325 e. The Labute approximate surface area is 203 Å². The predicted octanol–water partition coefficient (Wildman–Crippen LogP) is 4.44. The zero-order valence-corrected chi connectivity index (χ0v) is 19.9. The fourth-order valence-corrected chi connectivity index (χ4v) is 6.14. The molecule has 1 fully saturated rings. The van der Waals surface area contributed by atoms with Gasteiger partial charge in [0.1, 0.15) is 23.7 Å². The standard InChI is InChI=1S/C22H17ClF2N4O3S2/c1-29-19(22(30)27-14-4-5-16(24)15(23)9-14)10-18(28-34(29,31)32)21-7-6-20(33-21)12-2-3-13(11-26)17(25)8-12/h2-9,18-19,28H,10H2,1H3,(H,27,30)/t18-,19+/m1/s1. The summed E-state index contributed by atoms with van der Waals surface area (Å²) >= 11 is 7.01. The van der Waals surface area contributed by atoms with Gasteiger partial charge in [0.15, 0.2) is 0 Å². The second kappa shape index (κ2) is 9.40. The van der Waals surface area contributed by atoms with E-state index in [0.29, 0.717) is 15.3 Å². The Balaban J connectivity index is 1.58. The van der Waals surface area contributed by atoms with Gasteiger partial charge in [-0.3, -0.25) is 4.79 Å². The molecule has 0 radical (unpaired) electrons. The maximum absolute atomic E-state index is 14.0. The van der Waals surface area contributed by atoms with Gasteiger partial charge in [0, 0.05) is 22.5 Å². The van der Waals surface area contributed by atoms with Gasteiger partial charge in [-0.1, -0.05) is 17.7 Å². The van der Waals surface area contributed by atoms with E-state index in [9.17, 15) is 22.0 Å². The molecule has 0 spiro atoms. The van der Waals surface area contributed by atoms with Gasteiger partial charge in [0.2, 0.25) is 5.91 Å². The maximum Gasteiger partial charge on any atom is 0.280 e. The molecule has 0 unspecified atom stereocenters. The van der Waals surface area contributed by atoms with Gasteiger partial charge in [-0.05, 0) is 54.4 Å². The number of hydrogen-bond acceptors (Lipinski definition) is 5. The summed E-state index contributed by atoms with van der Waals surface area (Å²) in [5, 5.41) is 11.3. The molecule has 7 nitrogen and oxygen atoms in total. The molecule has 0 aliphatic carbocycles. The highest BCUT2D eigenvalue weighted by molar-refractivity contribution is 7.87. The number of benzene rings is 2. The van der Waals surface area contributed by atoms with Crippen molar-refractivity contribution in [2.45, 2.75) is 18.5 Å². The fraction of sp³-hybridized carbons (Fsp3) is 0.182. The number of nitriles is 1. The Morgan fingerprint density at radius 2 is 1.97 bits per heavy atom. The third-order valence-electron chi connectivity index (χ3n) is 5.40. The van der Waals surface area contributed by atoms with Crippen molar-refractivity contribution in [2.75, 3.05) is 12.4 Å². The lowest BCUT2D eigenvalue weighted by molar-refractivity contribution is -0.120. The average molecular weight is 523 g/mol. The summed E-state index contributed by atoms with van der Waals surface area (Å²) in [6.07, 6.45) is 0.123. The first-order chi connectivity index (χ1) is 16.1. The molecule has 3 aromatic rings. The Morgan fingerprint density at radius 3 is 2.65 bits per heavy atom. The number of hydrogen-bond donors (Lipinski definition) is 2. The van der Waals surface area contributed by atoms with Gasteiger partial charge < -0.3 is 5.32 Å². The lowest BCUT2D eigenvalue weighted by atomic mass is 10.1. The van der Waals surface area contributed by atoms with Crippen molar-refractivity contribution in [1.29, 1.82) is 5.26 Å². The van der Waals surface area contributed by atoms with Crippen LogP contribution in [0.4, 0.5) is 14.5 Å². The van der Waals surface area contributed by atoms with Crippen LogP contribution in [-0.4, -0.2) is 31.7 Å². The third kappa shape index (κ3) is 4.82. The van der Waals surface area contributed by atoms with E-state index in [-0.39, 0.29) is 22.7 Å². The zero-order valence-electron chi connectivity index (χ0n) is 17.6. The van der Waals surface area contributed by atoms with Gasteiger partial charge in [0.25, 0.3) is 10.2 Å². The molecule has 176 valence electrons. The molecule has 0 saturated carbocycles. The van der Waals surface area contributed by atoms with E-state index in [1.165, 1.54) is 42.6 Å². The number of halogens is 3. The molecule has 1 aliphatic rings. The molecule has 1 saturated heterocycles. The summed E-state index contributed by atoms with van der Waals surface area (Å²) in [6.45, 7) is 0. The van der Waals surface area contributed by atoms with Crippen LogP contribution < -0.4 is 10.0 Å². The summed E-state index contributed by atoms with van der Waals surface area (Å²) < 4.78 is 56.3. The summed E-state index contributed by atoms with van der Waals surface area (Å²) in [5.41, 5.74) is 0.712. The molecular formula is C22H17ClF2N4O3S2. The minimum absolute atomic E-state index is 0.0695. The first-order valence-electron chi connectivity index (χ1n) is 9.90. The number of nitrogens with zero attached hydrogens (tertiary/aromatic N) is 2. The van der Waals surface area contributed by atoms with Gasteiger partial charge in [-0.15, -0.1) is 11.3 Å². The van der Waals surface area contributed by atoms with E-state index >= 15 is 0 Å². The van der Waals surface area contributed by atoms with Crippen molar-refractivity contribution >= 4 is 44.7 Å². The van der Waals surface area contributed by atoms with E-state index in [0.717, 1.165) is 10.4 Å². The van der Waals surface area contributed by atoms with Crippen LogP contribution in [0.15, 0.2) is 48.5 Å². The van der Waals surface area contributed by atoms with Gasteiger partial charge in [0.05, 0.1) is 16.6 Å². The van der Waals surface area contributed by atoms with Crippen LogP contribution in [0, 0.1) is 23.0 Å². The average Bonchev–Trinajstić information content (AvgIpc) is 3.28. The lowest BCUT2D eigenvalue weighted by Gasteiger charge is -2.35. The highest BCUT2D eigenvalue weighted by Crippen LogP contribution is 2.36. The van der Waals surface area contributed by atoms with Crippen molar-refractivity contribution in [2.24, 2.45) is 0 Å². The molecule has 2 N–H and O–H groups in total. The molecule has 1 amide bonds. The van der Waals surface area contributed by atoms with Crippen molar-refractivity contribution in [3.8, 4) is 16.5 Å². The second-order valence-corrected chi connectivity index (χ2v) is 10.9. The Hall–Kier alpha value is -2.88. The molecule has 0 bridgehead atoms. The van der Waals surface area contributed by atoms with E-state index in [1.54, 1.807) is 24.3 Å². The zero-order chi connectivity index (χ0) is 24.6. The third-order valence-corrected chi connectivity index (χ3v) is 8.54. The minimum atomic E-state index is -3.98. The van der Waals surface area contributed by atoms with Gasteiger partial charge >= 0.3 is 0 Å². The van der Waals surface area contributed by atoms with E-state index in [2.05, 4.69) is 10.0 Å². The molecule has 2 atom stereocenters. The van der Waals surface area contributed by atoms with Crippen molar-refractivity contribution < 1.29 is 22.0 Å². The van der Waals surface area contributed by atoms with Crippen LogP contribution in [0.5, 0.6) is 0 Å². The van der Waals surface area contributed by atoms with Crippen molar-refractivity contribution in [3.05, 3.63) is 75.6 Å². The van der Waals surface area contributed by atoms with Crippen molar-refractivity contribution in [3.63, 3.8) is 0 Å². The first kappa shape index (κ1) is 24.3. The van der Waals surface area contributed by atoms with Crippen LogP contribution in [0.2, 0.25) is 5.02 Å². The topological polar surface area (TPSA) is 102 Å². The Kier molecular flexibility index (Phi) is 6.71. The summed E-state index contributed by atoms with van der Waals surface area (Å²) in [6, 6.07) is 11.4. The summed E-state index contributed by atoms with van der Waals surface area (Å²) in [5.74, 6) is -1.88. The number of nitrogens with one attached hydrogen (secondary N) is 2. The molecule has 12 heteroatoms. The SMILES string of the molecule is CN1[C@H](C(=O)Nc2ccc(F)c(Cl)c2)C[C@H](c2ccc(-c3ccc(C#N)c(F)c3)s2)NS1(=O)=O. The number of carbonyl (C=O) groups is 1. The predicted molar refractivity (Wildman–Crippen MR) is 125 cm³/mol. The first-order valence-corrected chi connectivity index (χ1v) is 12.5. The molecule has 2 aromatic carbocycles. The summed E-state index contributed by atoms with van der Waals surface area (Å²) in [7, 11) is -2.69. The Bertz CT molecular complexity index is 1420. The van der Waals surface area contributed by atoms with Gasteiger partial charge in [-0.25, -0.2) is 8.78 Å². The number of amides is 1. The Morgan fingerprint density at radius 1 is 1.21 bits per heavy atom. The normalized spacial score (nSPS) is 20.0. The van der Waals surface area contributed by atoms with E-state index < -0.39 is 39.8 Å². The molecule has 2 heterocycles. The molecule has 34 heavy (non-hydrogen) atoms. The van der Waals surface area contributed by atoms with E-state index in [4.69, 9.17) is 16.9 Å². The molecule has 4 rings (SSSR count). The molecule has 1 aromatic heterocycles. The smallest absolute Gasteiger partial charge is 0.280 e. The molecule has 1 aliphatic heterocycles. The van der Waals surface area contributed by atoms with E-state index in [1.807, 2.05) is 0 Å². The second-order valence-electron chi connectivity index (χ2n) is 7.57. The highest BCUT2D eigenvalue weighted by Gasteiger charge is 2.41. The number of anilines is 1.